The molecule has 0 fully saturated rings. The molecule has 7 atom stereocenters. The minimum absolute atomic E-state index is 0.00600. The zero-order valence-electron chi connectivity index (χ0n) is 22.5. The first-order chi connectivity index (χ1) is 17.4. The Bertz CT molecular complexity index is 874. The quantitative estimate of drug-likeness (QED) is 0.103. The average Bonchev–Trinajstić information content (AvgIpc) is 2.84. The van der Waals surface area contributed by atoms with E-state index in [4.69, 9.17) is 10.5 Å². The third-order valence-corrected chi connectivity index (χ3v) is 8.18. The number of carboxylic acids is 1. The fraction of sp³-hybridized carbons (Fsp3) is 0.731. The Morgan fingerprint density at radius 2 is 1.84 bits per heavy atom. The lowest BCUT2D eigenvalue weighted by atomic mass is 9.99. The Labute approximate surface area is 228 Å². The molecule has 1 aromatic rings. The van der Waals surface area contributed by atoms with Crippen LogP contribution in [0.3, 0.4) is 0 Å². The fourth-order valence-electron chi connectivity index (χ4n) is 4.05. The molecule has 11 heteroatoms. The Balaban J connectivity index is 2.94. The zero-order chi connectivity index (χ0) is 28.0. The number of rotatable bonds is 20. The van der Waals surface area contributed by atoms with Crippen LogP contribution >= 0.6 is 12.6 Å². The molecule has 0 radical (unpaired) electrons. The van der Waals surface area contributed by atoms with Crippen LogP contribution in [0.25, 0.3) is 0 Å². The van der Waals surface area contributed by atoms with Gasteiger partial charge in [-0.1, -0.05) is 57.5 Å². The SMILES string of the molecule is CC[C@H](C)[C@@H](CO[C@@H](Cc1ccccc1)C(O)NC(CCC(C)CS(C)(=O)=O)C(=O)O)NC[C@@H](N)CS. The van der Waals surface area contributed by atoms with Crippen molar-refractivity contribution in [1.29, 1.82) is 0 Å². The first kappa shape index (κ1) is 33.8. The van der Waals surface area contributed by atoms with Gasteiger partial charge < -0.3 is 26.0 Å². The average molecular weight is 562 g/mol. The highest BCUT2D eigenvalue weighted by atomic mass is 32.2. The van der Waals surface area contributed by atoms with Crippen molar-refractivity contribution in [2.45, 2.75) is 76.9 Å². The normalized spacial score (nSPS) is 17.9. The summed E-state index contributed by atoms with van der Waals surface area (Å²) in [6, 6.07) is 8.42. The van der Waals surface area contributed by atoms with E-state index in [0.29, 0.717) is 31.7 Å². The summed E-state index contributed by atoms with van der Waals surface area (Å²) in [5.41, 5.74) is 6.97. The summed E-state index contributed by atoms with van der Waals surface area (Å²) in [5, 5.41) is 27.1. The number of aliphatic hydroxyl groups excluding tert-OH is 1. The molecule has 9 nitrogen and oxygen atoms in total. The van der Waals surface area contributed by atoms with Crippen molar-refractivity contribution < 1.29 is 28.2 Å². The molecule has 0 bridgehead atoms. The summed E-state index contributed by atoms with van der Waals surface area (Å²) in [6.45, 7) is 6.88. The van der Waals surface area contributed by atoms with Gasteiger partial charge in [-0.2, -0.15) is 12.6 Å². The molecule has 0 aliphatic heterocycles. The molecule has 0 aliphatic rings. The molecule has 0 aromatic heterocycles. The number of hydrogen-bond acceptors (Lipinski definition) is 9. The smallest absolute Gasteiger partial charge is 0.320 e. The van der Waals surface area contributed by atoms with E-state index in [-0.39, 0.29) is 36.1 Å². The van der Waals surface area contributed by atoms with Crippen molar-refractivity contribution in [2.75, 3.05) is 30.9 Å². The highest BCUT2D eigenvalue weighted by Gasteiger charge is 2.29. The van der Waals surface area contributed by atoms with Crippen LogP contribution in [0, 0.1) is 11.8 Å². The number of nitrogens with two attached hydrogens (primary N) is 1. The van der Waals surface area contributed by atoms with Gasteiger partial charge in [-0.15, -0.1) is 0 Å². The van der Waals surface area contributed by atoms with Crippen molar-refractivity contribution >= 4 is 28.4 Å². The van der Waals surface area contributed by atoms with Gasteiger partial charge >= 0.3 is 5.97 Å². The molecule has 0 saturated heterocycles. The van der Waals surface area contributed by atoms with Gasteiger partial charge in [0.15, 0.2) is 0 Å². The number of carboxylic acid groups (broad SMARTS) is 1. The van der Waals surface area contributed by atoms with Crippen LogP contribution < -0.4 is 16.4 Å². The van der Waals surface area contributed by atoms with E-state index in [0.717, 1.165) is 12.0 Å². The second kappa shape index (κ2) is 17.4. The molecule has 1 aromatic carbocycles. The topological polar surface area (TPSA) is 151 Å². The summed E-state index contributed by atoms with van der Waals surface area (Å²) >= 11 is 4.24. The van der Waals surface area contributed by atoms with Crippen LogP contribution in [-0.4, -0.2) is 86.0 Å². The number of sulfone groups is 1. The predicted octanol–water partition coefficient (Wildman–Crippen LogP) is 1.70. The van der Waals surface area contributed by atoms with Gasteiger partial charge in [0.25, 0.3) is 0 Å². The van der Waals surface area contributed by atoms with Gasteiger partial charge in [0, 0.05) is 37.1 Å². The Morgan fingerprint density at radius 1 is 1.19 bits per heavy atom. The maximum Gasteiger partial charge on any atom is 0.320 e. The third kappa shape index (κ3) is 14.5. The fourth-order valence-corrected chi connectivity index (χ4v) is 5.38. The first-order valence-electron chi connectivity index (χ1n) is 13.0. The van der Waals surface area contributed by atoms with E-state index in [1.807, 2.05) is 30.3 Å². The van der Waals surface area contributed by atoms with Gasteiger partial charge in [0.2, 0.25) is 0 Å². The summed E-state index contributed by atoms with van der Waals surface area (Å²) in [4.78, 5) is 11.9. The maximum absolute atomic E-state index is 11.9. The zero-order valence-corrected chi connectivity index (χ0v) is 24.3. The number of thiol groups is 1. The number of nitrogens with one attached hydrogen (secondary N) is 2. The number of benzene rings is 1. The number of ether oxygens (including phenoxy) is 1. The van der Waals surface area contributed by atoms with Crippen LogP contribution in [0.1, 0.15) is 45.6 Å². The Morgan fingerprint density at radius 3 is 2.38 bits per heavy atom. The maximum atomic E-state index is 11.9. The van der Waals surface area contributed by atoms with Crippen LogP contribution in [0.2, 0.25) is 0 Å². The molecule has 0 aliphatic carbocycles. The molecule has 3 unspecified atom stereocenters. The van der Waals surface area contributed by atoms with Crippen molar-refractivity contribution in [3.05, 3.63) is 35.9 Å². The van der Waals surface area contributed by atoms with Crippen molar-refractivity contribution in [2.24, 2.45) is 17.6 Å². The highest BCUT2D eigenvalue weighted by Crippen LogP contribution is 2.16. The first-order valence-corrected chi connectivity index (χ1v) is 15.7. The van der Waals surface area contributed by atoms with Gasteiger partial charge in [0.05, 0.1) is 12.4 Å². The molecule has 0 saturated carbocycles. The summed E-state index contributed by atoms with van der Waals surface area (Å²) in [5.74, 6) is -0.470. The van der Waals surface area contributed by atoms with E-state index in [9.17, 15) is 23.4 Å². The van der Waals surface area contributed by atoms with E-state index < -0.39 is 34.2 Å². The molecule has 0 spiro atoms. The highest BCUT2D eigenvalue weighted by molar-refractivity contribution is 7.90. The minimum Gasteiger partial charge on any atom is -0.480 e. The summed E-state index contributed by atoms with van der Waals surface area (Å²) < 4.78 is 29.3. The summed E-state index contributed by atoms with van der Waals surface area (Å²) in [7, 11) is -3.15. The monoisotopic (exact) mass is 561 g/mol. The summed E-state index contributed by atoms with van der Waals surface area (Å²) in [6.07, 6.45) is 1.09. The molecule has 1 rings (SSSR count). The second-order valence-electron chi connectivity index (χ2n) is 10.2. The minimum atomic E-state index is -3.15. The van der Waals surface area contributed by atoms with E-state index in [1.165, 1.54) is 6.26 Å². The Hall–Kier alpha value is -1.21. The molecule has 0 amide bonds. The van der Waals surface area contributed by atoms with Crippen molar-refractivity contribution in [3.8, 4) is 0 Å². The Kier molecular flexibility index (Phi) is 15.9. The molecule has 0 heterocycles. The van der Waals surface area contributed by atoms with Gasteiger partial charge in [0.1, 0.15) is 28.2 Å². The molecule has 214 valence electrons. The lowest BCUT2D eigenvalue weighted by Gasteiger charge is -2.31. The second-order valence-corrected chi connectivity index (χ2v) is 12.7. The number of carbonyl (C=O) groups is 1. The van der Waals surface area contributed by atoms with Gasteiger partial charge in [-0.05, 0) is 30.2 Å². The molecule has 37 heavy (non-hydrogen) atoms. The lowest BCUT2D eigenvalue weighted by molar-refractivity contribution is -0.142. The van der Waals surface area contributed by atoms with E-state index in [1.54, 1.807) is 6.92 Å². The van der Waals surface area contributed by atoms with Crippen LogP contribution in [0.15, 0.2) is 30.3 Å². The van der Waals surface area contributed by atoms with Crippen molar-refractivity contribution in [3.63, 3.8) is 0 Å². The number of aliphatic carboxylic acids is 1. The molecular weight excluding hydrogens is 514 g/mol. The third-order valence-electron chi connectivity index (χ3n) is 6.53. The number of aliphatic hydroxyl groups is 1. The van der Waals surface area contributed by atoms with E-state index in [2.05, 4.69) is 37.1 Å². The predicted molar refractivity (Wildman–Crippen MR) is 152 cm³/mol. The van der Waals surface area contributed by atoms with Gasteiger partial charge in [-0.3, -0.25) is 10.1 Å². The van der Waals surface area contributed by atoms with Crippen molar-refractivity contribution in [1.82, 2.24) is 10.6 Å². The molecule has 6 N–H and O–H groups in total. The lowest BCUT2D eigenvalue weighted by Crippen LogP contribution is -2.52. The van der Waals surface area contributed by atoms with Crippen LogP contribution in [-0.2, 0) is 25.8 Å². The molecular formula is C26H47N3O6S2. The van der Waals surface area contributed by atoms with Crippen LogP contribution in [0.4, 0.5) is 0 Å². The van der Waals surface area contributed by atoms with E-state index >= 15 is 0 Å². The standard InChI is InChI=1S/C26H47N3O6S2/c1-5-19(3)23(28-14-21(27)16-36)15-35-24(13-20-9-7-6-8-10-20)25(30)29-22(26(31)32)12-11-18(2)17-37(4,33)34/h6-10,18-19,21-25,28-30,36H,5,11-17,27H2,1-4H3,(H,31,32)/t18?,19-,21+,22?,23+,24-,25?/m0/s1. The number of hydrogen-bond donors (Lipinski definition) is 6. The largest absolute Gasteiger partial charge is 0.480 e. The van der Waals surface area contributed by atoms with Crippen LogP contribution in [0.5, 0.6) is 0 Å². The van der Waals surface area contributed by atoms with Gasteiger partial charge in [-0.25, -0.2) is 8.42 Å².